The zero-order valence-corrected chi connectivity index (χ0v) is 15.0. The first kappa shape index (κ1) is 20.6. The Hall–Kier alpha value is -1.40. The second-order valence-electron chi connectivity index (χ2n) is 5.65. The van der Waals surface area contributed by atoms with Crippen LogP contribution in [0.5, 0.6) is 0 Å². The number of amides is 2. The lowest BCUT2D eigenvalue weighted by molar-refractivity contribution is 0.116. The Labute approximate surface area is 143 Å². The molecule has 7 nitrogen and oxygen atoms in total. The molecule has 0 aliphatic carbocycles. The number of hydrogen-bond donors (Lipinski definition) is 4. The monoisotopic (exact) mass is 358 g/mol. The Morgan fingerprint density at radius 2 is 1.88 bits per heavy atom. The lowest BCUT2D eigenvalue weighted by Gasteiger charge is -2.26. The molecule has 1 rings (SSSR count). The van der Waals surface area contributed by atoms with Gasteiger partial charge in [-0.15, -0.1) is 0 Å². The molecule has 0 aliphatic rings. The molecular weight excluding hydrogens is 331 g/mol. The molecule has 0 aromatic heterocycles. The van der Waals surface area contributed by atoms with Crippen LogP contribution in [-0.2, 0) is 9.09 Å². The van der Waals surface area contributed by atoms with Gasteiger partial charge >= 0.3 is 13.9 Å². The molecule has 2 amide bonds. The average Bonchev–Trinajstić information content (AvgIpc) is 2.51. The number of carbonyl (C=O) groups is 1. The molecule has 0 saturated heterocycles. The van der Waals surface area contributed by atoms with Gasteiger partial charge in [0.2, 0.25) is 0 Å². The second-order valence-corrected chi connectivity index (χ2v) is 6.84. The first-order valence-electron chi connectivity index (χ1n) is 8.16. The summed E-state index contributed by atoms with van der Waals surface area (Å²) in [5, 5.41) is 5.49. The van der Waals surface area contributed by atoms with Gasteiger partial charge in [-0.25, -0.2) is 9.36 Å². The van der Waals surface area contributed by atoms with Crippen molar-refractivity contribution in [1.29, 1.82) is 0 Å². The normalized spacial score (nSPS) is 14.0. The highest BCUT2D eigenvalue weighted by molar-refractivity contribution is 7.46. The number of urea groups is 1. The van der Waals surface area contributed by atoms with Gasteiger partial charge in [0.25, 0.3) is 0 Å². The number of phosphoric ester groups is 1. The van der Waals surface area contributed by atoms with Gasteiger partial charge in [0.15, 0.2) is 0 Å². The minimum absolute atomic E-state index is 0.387. The summed E-state index contributed by atoms with van der Waals surface area (Å²) in [5.41, 5.74) is 0.708. The summed E-state index contributed by atoms with van der Waals surface area (Å²) >= 11 is 0. The number of hydrogen-bond acceptors (Lipinski definition) is 3. The molecule has 0 bridgehead atoms. The van der Waals surface area contributed by atoms with Crippen molar-refractivity contribution in [3.05, 3.63) is 35.9 Å². The van der Waals surface area contributed by atoms with Crippen LogP contribution in [0.3, 0.4) is 0 Å². The van der Waals surface area contributed by atoms with E-state index in [1.54, 1.807) is 24.3 Å². The van der Waals surface area contributed by atoms with Crippen molar-refractivity contribution in [3.8, 4) is 0 Å². The van der Waals surface area contributed by atoms with E-state index in [0.717, 1.165) is 25.7 Å². The van der Waals surface area contributed by atoms with Crippen molar-refractivity contribution in [3.63, 3.8) is 0 Å². The van der Waals surface area contributed by atoms with Crippen molar-refractivity contribution in [1.82, 2.24) is 10.6 Å². The van der Waals surface area contributed by atoms with Crippen molar-refractivity contribution in [2.45, 2.75) is 51.7 Å². The van der Waals surface area contributed by atoms with Crippen molar-refractivity contribution in [2.24, 2.45) is 0 Å². The summed E-state index contributed by atoms with van der Waals surface area (Å²) in [7, 11) is -4.65. The number of phosphoric acid groups is 1. The third kappa shape index (κ3) is 8.45. The molecule has 4 N–H and O–H groups in total. The molecule has 0 spiro atoms. The molecule has 24 heavy (non-hydrogen) atoms. The van der Waals surface area contributed by atoms with E-state index in [0.29, 0.717) is 12.1 Å². The number of benzene rings is 1. The largest absolute Gasteiger partial charge is 0.469 e. The van der Waals surface area contributed by atoms with E-state index in [2.05, 4.69) is 17.6 Å². The van der Waals surface area contributed by atoms with E-state index in [1.165, 1.54) is 6.92 Å². The van der Waals surface area contributed by atoms with E-state index in [4.69, 9.17) is 14.3 Å². The Kier molecular flexibility index (Phi) is 9.00. The highest BCUT2D eigenvalue weighted by atomic mass is 31.2. The molecule has 0 aliphatic heterocycles. The number of carbonyl (C=O) groups excluding carboxylic acids is 1. The van der Waals surface area contributed by atoms with Crippen molar-refractivity contribution >= 4 is 13.9 Å². The summed E-state index contributed by atoms with van der Waals surface area (Å²) in [5.74, 6) is 0. The van der Waals surface area contributed by atoms with E-state index in [-0.39, 0.29) is 6.03 Å². The predicted octanol–water partition coefficient (Wildman–Crippen LogP) is 3.11. The van der Waals surface area contributed by atoms with Gasteiger partial charge in [-0.1, -0.05) is 56.5 Å². The van der Waals surface area contributed by atoms with E-state index >= 15 is 0 Å². The van der Waals surface area contributed by atoms with Gasteiger partial charge in [-0.2, -0.15) is 0 Å². The highest BCUT2D eigenvalue weighted by Gasteiger charge is 2.28. The summed E-state index contributed by atoms with van der Waals surface area (Å²) in [6, 6.07) is 7.88. The Bertz CT molecular complexity index is 535. The molecule has 1 aromatic carbocycles. The van der Waals surface area contributed by atoms with Gasteiger partial charge in [-0.3, -0.25) is 4.52 Å². The summed E-state index contributed by atoms with van der Waals surface area (Å²) in [6.45, 7) is 4.19. The van der Waals surface area contributed by atoms with E-state index < -0.39 is 20.0 Å². The third-order valence-electron chi connectivity index (χ3n) is 3.53. The summed E-state index contributed by atoms with van der Waals surface area (Å²) in [4.78, 5) is 30.1. The maximum absolute atomic E-state index is 12.1. The molecular formula is C16H27N2O5P. The van der Waals surface area contributed by atoms with Crippen molar-refractivity contribution < 1.29 is 23.7 Å². The third-order valence-corrected chi connectivity index (χ3v) is 4.14. The van der Waals surface area contributed by atoms with Gasteiger partial charge in [0, 0.05) is 6.54 Å². The average molecular weight is 358 g/mol. The van der Waals surface area contributed by atoms with Crippen LogP contribution in [0, 0.1) is 0 Å². The minimum atomic E-state index is -4.65. The van der Waals surface area contributed by atoms with Crippen LogP contribution in [0.25, 0.3) is 0 Å². The molecule has 0 fully saturated rings. The second kappa shape index (κ2) is 10.5. The fourth-order valence-corrected chi connectivity index (χ4v) is 2.91. The van der Waals surface area contributed by atoms with Gasteiger partial charge in [-0.05, 0) is 18.9 Å². The first-order chi connectivity index (χ1) is 11.3. The fraction of sp³-hybridized carbons (Fsp3) is 0.562. The van der Waals surface area contributed by atoms with Crippen LogP contribution in [0.4, 0.5) is 4.79 Å². The number of nitrogens with one attached hydrogen (secondary N) is 2. The Morgan fingerprint density at radius 3 is 2.46 bits per heavy atom. The molecule has 1 aromatic rings. The van der Waals surface area contributed by atoms with E-state index in [1.807, 2.05) is 6.07 Å². The summed E-state index contributed by atoms with van der Waals surface area (Å²) < 4.78 is 15.8. The molecule has 2 unspecified atom stereocenters. The van der Waals surface area contributed by atoms with Gasteiger partial charge in [0.05, 0.1) is 12.1 Å². The van der Waals surface area contributed by atoms with Crippen LogP contribution in [0.1, 0.15) is 51.1 Å². The van der Waals surface area contributed by atoms with Crippen LogP contribution in [-0.4, -0.2) is 28.5 Å². The minimum Gasteiger partial charge on any atom is -0.338 e. The molecule has 8 heteroatoms. The lowest BCUT2D eigenvalue weighted by Crippen LogP contribution is -2.42. The van der Waals surface area contributed by atoms with E-state index in [9.17, 15) is 9.36 Å². The fourth-order valence-electron chi connectivity index (χ4n) is 2.36. The van der Waals surface area contributed by atoms with Crippen LogP contribution in [0.15, 0.2) is 30.3 Å². The van der Waals surface area contributed by atoms with Gasteiger partial charge < -0.3 is 20.4 Å². The molecule has 0 radical (unpaired) electrons. The standard InChI is InChI=1S/C16H27N2O5P/c1-3-4-5-9-12-17-16(19)18-15(13(2)23-24(20,21)22)14-10-7-6-8-11-14/h6-8,10-11,13,15H,3-5,9,12H2,1-2H3,(H2,17,18,19)(H2,20,21,22). The van der Waals surface area contributed by atoms with Crippen LogP contribution < -0.4 is 10.6 Å². The zero-order valence-electron chi connectivity index (χ0n) is 14.1. The lowest BCUT2D eigenvalue weighted by atomic mass is 10.0. The maximum atomic E-state index is 12.1. The topological polar surface area (TPSA) is 108 Å². The van der Waals surface area contributed by atoms with Crippen LogP contribution in [0.2, 0.25) is 0 Å². The van der Waals surface area contributed by atoms with Crippen LogP contribution >= 0.6 is 7.82 Å². The highest BCUT2D eigenvalue weighted by Crippen LogP contribution is 2.40. The number of unbranched alkanes of at least 4 members (excludes halogenated alkanes) is 3. The van der Waals surface area contributed by atoms with Crippen molar-refractivity contribution in [2.75, 3.05) is 6.54 Å². The quantitative estimate of drug-likeness (QED) is 0.380. The molecule has 2 atom stereocenters. The molecule has 0 heterocycles. The predicted molar refractivity (Wildman–Crippen MR) is 92.5 cm³/mol. The maximum Gasteiger partial charge on any atom is 0.469 e. The molecule has 0 saturated carbocycles. The Morgan fingerprint density at radius 1 is 1.21 bits per heavy atom. The first-order valence-corrected chi connectivity index (χ1v) is 9.69. The summed E-state index contributed by atoms with van der Waals surface area (Å²) in [6.07, 6.45) is 3.31. The smallest absolute Gasteiger partial charge is 0.338 e. The van der Waals surface area contributed by atoms with Gasteiger partial charge in [0.1, 0.15) is 0 Å². The molecule has 136 valence electrons. The zero-order chi connectivity index (χ0) is 18.0. The SMILES string of the molecule is CCCCCCNC(=O)NC(c1ccccc1)C(C)OP(=O)(O)O. The Balaban J connectivity index is 2.65. The number of rotatable bonds is 10.